The Balaban J connectivity index is 1.68. The van der Waals surface area contributed by atoms with Crippen molar-refractivity contribution < 1.29 is 4.39 Å². The van der Waals surface area contributed by atoms with E-state index >= 15 is 0 Å². The van der Waals surface area contributed by atoms with E-state index in [0.717, 1.165) is 24.2 Å². The molecular weight excluding hydrogens is 213 g/mol. The topological polar surface area (TPSA) is 26.0 Å². The summed E-state index contributed by atoms with van der Waals surface area (Å²) in [6.07, 6.45) is 6.47. The molecule has 1 aromatic carbocycles. The van der Waals surface area contributed by atoms with E-state index in [-0.39, 0.29) is 11.9 Å². The molecule has 2 bridgehead atoms. The highest BCUT2D eigenvalue weighted by molar-refractivity contribution is 5.21. The van der Waals surface area contributed by atoms with Crippen molar-refractivity contribution in [3.05, 3.63) is 35.6 Å². The van der Waals surface area contributed by atoms with Crippen LogP contribution >= 0.6 is 0 Å². The number of hydrogen-bond acceptors (Lipinski definition) is 1. The minimum absolute atomic E-state index is 0.124. The lowest BCUT2D eigenvalue weighted by Gasteiger charge is -2.25. The molecule has 1 aromatic rings. The summed E-state index contributed by atoms with van der Waals surface area (Å²) in [4.78, 5) is 0. The van der Waals surface area contributed by atoms with Crippen LogP contribution in [0.5, 0.6) is 0 Å². The van der Waals surface area contributed by atoms with Crippen LogP contribution < -0.4 is 5.73 Å². The fraction of sp³-hybridized carbons (Fsp3) is 0.600. The molecule has 0 spiro atoms. The SMILES string of the molecule is NC(CC1CC2CCC1C2)c1ccccc1F. The molecule has 2 aliphatic rings. The van der Waals surface area contributed by atoms with Crippen LogP contribution in [0.1, 0.15) is 43.7 Å². The highest BCUT2D eigenvalue weighted by Crippen LogP contribution is 2.50. The average Bonchev–Trinajstić information content (AvgIpc) is 2.91. The zero-order valence-electron chi connectivity index (χ0n) is 10.1. The van der Waals surface area contributed by atoms with Crippen molar-refractivity contribution in [2.45, 2.75) is 38.1 Å². The second-order valence-corrected chi connectivity index (χ2v) is 5.80. The van der Waals surface area contributed by atoms with E-state index < -0.39 is 0 Å². The van der Waals surface area contributed by atoms with Gasteiger partial charge in [-0.15, -0.1) is 0 Å². The summed E-state index contributed by atoms with van der Waals surface area (Å²) in [5.74, 6) is 2.40. The van der Waals surface area contributed by atoms with Gasteiger partial charge in [0.25, 0.3) is 0 Å². The first-order valence-electron chi connectivity index (χ1n) is 6.74. The van der Waals surface area contributed by atoms with Gasteiger partial charge in [-0.25, -0.2) is 4.39 Å². The molecule has 92 valence electrons. The molecule has 0 aromatic heterocycles. The zero-order chi connectivity index (χ0) is 11.8. The molecule has 0 heterocycles. The van der Waals surface area contributed by atoms with Gasteiger partial charge < -0.3 is 5.73 Å². The van der Waals surface area contributed by atoms with Gasteiger partial charge in [-0.2, -0.15) is 0 Å². The van der Waals surface area contributed by atoms with Crippen LogP contribution in [0.15, 0.2) is 24.3 Å². The molecule has 0 saturated heterocycles. The van der Waals surface area contributed by atoms with Crippen LogP contribution in [0.2, 0.25) is 0 Å². The summed E-state index contributed by atoms with van der Waals surface area (Å²) < 4.78 is 13.6. The second kappa shape index (κ2) is 4.41. The van der Waals surface area contributed by atoms with E-state index in [1.165, 1.54) is 31.7 Å². The molecule has 4 unspecified atom stereocenters. The molecule has 0 amide bonds. The van der Waals surface area contributed by atoms with Gasteiger partial charge in [0.1, 0.15) is 5.82 Å². The summed E-state index contributed by atoms with van der Waals surface area (Å²) in [7, 11) is 0. The Kier molecular flexibility index (Phi) is 2.91. The molecule has 2 heteroatoms. The maximum absolute atomic E-state index is 13.6. The molecule has 17 heavy (non-hydrogen) atoms. The first-order valence-corrected chi connectivity index (χ1v) is 6.74. The lowest BCUT2D eigenvalue weighted by atomic mass is 9.83. The quantitative estimate of drug-likeness (QED) is 0.847. The molecule has 1 nitrogen and oxygen atoms in total. The van der Waals surface area contributed by atoms with E-state index in [9.17, 15) is 4.39 Å². The Labute approximate surface area is 102 Å². The number of hydrogen-bond donors (Lipinski definition) is 1. The minimum Gasteiger partial charge on any atom is -0.324 e. The standard InChI is InChI=1S/C15H20FN/c16-14-4-2-1-3-13(14)15(17)9-12-8-10-5-6-11(12)7-10/h1-4,10-12,15H,5-9,17H2. The Morgan fingerprint density at radius 2 is 2.06 bits per heavy atom. The first-order chi connectivity index (χ1) is 8.24. The predicted octanol–water partition coefficient (Wildman–Crippen LogP) is 3.65. The van der Waals surface area contributed by atoms with Crippen LogP contribution in [0, 0.1) is 23.6 Å². The zero-order valence-corrected chi connectivity index (χ0v) is 10.1. The third kappa shape index (κ3) is 2.11. The van der Waals surface area contributed by atoms with Gasteiger partial charge in [0.15, 0.2) is 0 Å². The van der Waals surface area contributed by atoms with Crippen molar-refractivity contribution in [1.29, 1.82) is 0 Å². The highest BCUT2D eigenvalue weighted by atomic mass is 19.1. The molecule has 3 rings (SSSR count). The third-order valence-electron chi connectivity index (χ3n) is 4.75. The van der Waals surface area contributed by atoms with E-state index in [0.29, 0.717) is 5.56 Å². The van der Waals surface area contributed by atoms with Gasteiger partial charge >= 0.3 is 0 Å². The number of nitrogens with two attached hydrogens (primary N) is 1. The lowest BCUT2D eigenvalue weighted by molar-refractivity contribution is 0.294. The van der Waals surface area contributed by atoms with Crippen molar-refractivity contribution in [1.82, 2.24) is 0 Å². The number of fused-ring (bicyclic) bond motifs is 2. The monoisotopic (exact) mass is 233 g/mol. The van der Waals surface area contributed by atoms with E-state index in [4.69, 9.17) is 5.73 Å². The summed E-state index contributed by atoms with van der Waals surface area (Å²) in [5, 5.41) is 0. The predicted molar refractivity (Wildman–Crippen MR) is 66.9 cm³/mol. The smallest absolute Gasteiger partial charge is 0.127 e. The van der Waals surface area contributed by atoms with Gasteiger partial charge in [-0.05, 0) is 49.5 Å². The van der Waals surface area contributed by atoms with Gasteiger partial charge in [0, 0.05) is 11.6 Å². The molecule has 0 aliphatic heterocycles. The molecule has 4 atom stereocenters. The van der Waals surface area contributed by atoms with Crippen molar-refractivity contribution >= 4 is 0 Å². The lowest BCUT2D eigenvalue weighted by Crippen LogP contribution is -2.20. The van der Waals surface area contributed by atoms with Crippen molar-refractivity contribution in [2.75, 3.05) is 0 Å². The fourth-order valence-corrected chi connectivity index (χ4v) is 3.89. The summed E-state index contributed by atoms with van der Waals surface area (Å²) >= 11 is 0. The first kappa shape index (κ1) is 11.2. The molecular formula is C15H20FN. The van der Waals surface area contributed by atoms with Crippen molar-refractivity contribution in [2.24, 2.45) is 23.5 Å². The molecule has 2 N–H and O–H groups in total. The van der Waals surface area contributed by atoms with Crippen molar-refractivity contribution in [3.63, 3.8) is 0 Å². The van der Waals surface area contributed by atoms with Crippen LogP contribution in [-0.4, -0.2) is 0 Å². The van der Waals surface area contributed by atoms with Crippen LogP contribution in [0.25, 0.3) is 0 Å². The average molecular weight is 233 g/mol. The van der Waals surface area contributed by atoms with E-state index in [2.05, 4.69) is 0 Å². The highest BCUT2D eigenvalue weighted by Gasteiger charge is 2.39. The van der Waals surface area contributed by atoms with Crippen LogP contribution in [-0.2, 0) is 0 Å². The van der Waals surface area contributed by atoms with Crippen LogP contribution in [0.3, 0.4) is 0 Å². The number of benzene rings is 1. The number of rotatable bonds is 3. The summed E-state index contributed by atoms with van der Waals surface area (Å²) in [6, 6.07) is 6.81. The number of halogens is 1. The minimum atomic E-state index is -0.150. The molecule has 2 saturated carbocycles. The maximum atomic E-state index is 13.6. The fourth-order valence-electron chi connectivity index (χ4n) is 3.89. The Bertz CT molecular complexity index is 404. The Morgan fingerprint density at radius 3 is 2.71 bits per heavy atom. The van der Waals surface area contributed by atoms with Gasteiger partial charge in [0.2, 0.25) is 0 Å². The van der Waals surface area contributed by atoms with Gasteiger partial charge in [-0.1, -0.05) is 24.6 Å². The molecule has 2 fully saturated rings. The normalized spacial score (nSPS) is 32.9. The van der Waals surface area contributed by atoms with Gasteiger partial charge in [-0.3, -0.25) is 0 Å². The van der Waals surface area contributed by atoms with E-state index in [1.807, 2.05) is 12.1 Å². The molecule has 0 radical (unpaired) electrons. The molecule has 2 aliphatic carbocycles. The Hall–Kier alpha value is -0.890. The Morgan fingerprint density at radius 1 is 1.24 bits per heavy atom. The van der Waals surface area contributed by atoms with E-state index in [1.54, 1.807) is 6.07 Å². The summed E-state index contributed by atoms with van der Waals surface area (Å²) in [6.45, 7) is 0. The van der Waals surface area contributed by atoms with Crippen molar-refractivity contribution in [3.8, 4) is 0 Å². The second-order valence-electron chi connectivity index (χ2n) is 5.80. The largest absolute Gasteiger partial charge is 0.324 e. The maximum Gasteiger partial charge on any atom is 0.127 e. The third-order valence-corrected chi connectivity index (χ3v) is 4.75. The summed E-state index contributed by atoms with van der Waals surface area (Å²) in [5.41, 5.74) is 6.86. The van der Waals surface area contributed by atoms with Crippen LogP contribution in [0.4, 0.5) is 4.39 Å². The van der Waals surface area contributed by atoms with Gasteiger partial charge in [0.05, 0.1) is 0 Å².